The van der Waals surface area contributed by atoms with Crippen LogP contribution >= 0.6 is 12.4 Å². The van der Waals surface area contributed by atoms with Crippen molar-refractivity contribution in [3.05, 3.63) is 35.1 Å². The molecular formula is C13H21ClFN. The summed E-state index contributed by atoms with van der Waals surface area (Å²) in [5.41, 5.74) is 8.09. The predicted molar refractivity (Wildman–Crippen MR) is 69.4 cm³/mol. The number of halogens is 2. The van der Waals surface area contributed by atoms with E-state index in [0.29, 0.717) is 5.92 Å². The molecule has 0 saturated heterocycles. The highest BCUT2D eigenvalue weighted by Gasteiger charge is 2.10. The molecule has 0 radical (unpaired) electrons. The molecule has 0 saturated carbocycles. The highest BCUT2D eigenvalue weighted by molar-refractivity contribution is 5.85. The highest BCUT2D eigenvalue weighted by Crippen LogP contribution is 2.22. The normalized spacial score (nSPS) is 12.4. The lowest BCUT2D eigenvalue weighted by Crippen LogP contribution is -2.12. The summed E-state index contributed by atoms with van der Waals surface area (Å²) in [5, 5.41) is 0. The first kappa shape index (κ1) is 15.4. The zero-order valence-corrected chi connectivity index (χ0v) is 11.0. The Balaban J connectivity index is 0.00000225. The van der Waals surface area contributed by atoms with Crippen molar-refractivity contribution in [1.29, 1.82) is 0 Å². The van der Waals surface area contributed by atoms with E-state index in [0.717, 1.165) is 24.0 Å². The van der Waals surface area contributed by atoms with Crippen molar-refractivity contribution in [3.63, 3.8) is 0 Å². The highest BCUT2D eigenvalue weighted by atomic mass is 35.5. The van der Waals surface area contributed by atoms with Crippen LogP contribution < -0.4 is 5.73 Å². The molecule has 0 aliphatic carbocycles. The van der Waals surface area contributed by atoms with Gasteiger partial charge in [-0.05, 0) is 48.9 Å². The van der Waals surface area contributed by atoms with Gasteiger partial charge in [-0.15, -0.1) is 12.4 Å². The van der Waals surface area contributed by atoms with Gasteiger partial charge in [0.15, 0.2) is 0 Å². The van der Waals surface area contributed by atoms with Gasteiger partial charge in [-0.1, -0.05) is 19.9 Å². The molecular weight excluding hydrogens is 225 g/mol. The number of nitrogens with two attached hydrogens (primary N) is 1. The first-order valence-corrected chi connectivity index (χ1v) is 5.52. The zero-order valence-electron chi connectivity index (χ0n) is 10.2. The van der Waals surface area contributed by atoms with E-state index in [9.17, 15) is 4.39 Å². The predicted octanol–water partition coefficient (Wildman–Crippen LogP) is 3.99. The number of benzene rings is 1. The fourth-order valence-electron chi connectivity index (χ4n) is 1.72. The van der Waals surface area contributed by atoms with Crippen LogP contribution in [-0.4, -0.2) is 0 Å². The summed E-state index contributed by atoms with van der Waals surface area (Å²) in [6.45, 7) is 6.28. The van der Waals surface area contributed by atoms with Crippen LogP contribution in [0.1, 0.15) is 43.9 Å². The van der Waals surface area contributed by atoms with Gasteiger partial charge in [-0.2, -0.15) is 0 Å². The molecule has 1 aromatic rings. The Bertz CT molecular complexity index is 326. The first-order chi connectivity index (χ1) is 7.00. The van der Waals surface area contributed by atoms with Gasteiger partial charge >= 0.3 is 0 Å². The first-order valence-electron chi connectivity index (χ1n) is 5.52. The van der Waals surface area contributed by atoms with Crippen LogP contribution in [-0.2, 0) is 0 Å². The van der Waals surface area contributed by atoms with E-state index in [4.69, 9.17) is 5.73 Å². The molecule has 0 heterocycles. The van der Waals surface area contributed by atoms with Gasteiger partial charge in [-0.25, -0.2) is 4.39 Å². The Morgan fingerprint density at radius 3 is 2.38 bits per heavy atom. The molecule has 1 aromatic carbocycles. The average molecular weight is 246 g/mol. The molecule has 2 N–H and O–H groups in total. The minimum Gasteiger partial charge on any atom is -0.324 e. The summed E-state index contributed by atoms with van der Waals surface area (Å²) in [4.78, 5) is 0. The second-order valence-corrected chi connectivity index (χ2v) is 4.58. The Labute approximate surface area is 104 Å². The van der Waals surface area contributed by atoms with E-state index in [-0.39, 0.29) is 24.3 Å². The Morgan fingerprint density at radius 1 is 1.25 bits per heavy atom. The molecule has 0 spiro atoms. The van der Waals surface area contributed by atoms with E-state index in [2.05, 4.69) is 13.8 Å². The summed E-state index contributed by atoms with van der Waals surface area (Å²) >= 11 is 0. The monoisotopic (exact) mass is 245 g/mol. The standard InChI is InChI=1S/C13H20FN.ClH/c1-9(2)4-7-13(15)12-6-5-11(14)8-10(12)3;/h5-6,8-9,13H,4,7,15H2,1-3H3;1H/t13-;/m1./s1. The molecule has 16 heavy (non-hydrogen) atoms. The molecule has 0 amide bonds. The van der Waals surface area contributed by atoms with Gasteiger partial charge in [-0.3, -0.25) is 0 Å². The quantitative estimate of drug-likeness (QED) is 0.853. The van der Waals surface area contributed by atoms with Gasteiger partial charge in [0.1, 0.15) is 5.82 Å². The lowest BCUT2D eigenvalue weighted by atomic mass is 9.95. The molecule has 3 heteroatoms. The van der Waals surface area contributed by atoms with Crippen molar-refractivity contribution in [1.82, 2.24) is 0 Å². The minimum atomic E-state index is -0.188. The molecule has 1 atom stereocenters. The smallest absolute Gasteiger partial charge is 0.123 e. The van der Waals surface area contributed by atoms with Crippen molar-refractivity contribution in [2.75, 3.05) is 0 Å². The summed E-state index contributed by atoms with van der Waals surface area (Å²) in [5.74, 6) is 0.476. The fraction of sp³-hybridized carbons (Fsp3) is 0.538. The zero-order chi connectivity index (χ0) is 11.4. The third-order valence-corrected chi connectivity index (χ3v) is 2.69. The second kappa shape index (κ2) is 6.87. The van der Waals surface area contributed by atoms with Gasteiger partial charge < -0.3 is 5.73 Å². The second-order valence-electron chi connectivity index (χ2n) is 4.58. The number of rotatable bonds is 4. The lowest BCUT2D eigenvalue weighted by Gasteiger charge is -2.15. The fourth-order valence-corrected chi connectivity index (χ4v) is 1.72. The Hall–Kier alpha value is -0.600. The van der Waals surface area contributed by atoms with Crippen LogP contribution in [0.25, 0.3) is 0 Å². The van der Waals surface area contributed by atoms with Gasteiger partial charge in [0.05, 0.1) is 0 Å². The van der Waals surface area contributed by atoms with Crippen LogP contribution in [0.4, 0.5) is 4.39 Å². The summed E-state index contributed by atoms with van der Waals surface area (Å²) in [7, 11) is 0. The van der Waals surface area contributed by atoms with E-state index in [1.807, 2.05) is 6.92 Å². The third-order valence-electron chi connectivity index (χ3n) is 2.69. The third kappa shape index (κ3) is 4.50. The number of aryl methyl sites for hydroxylation is 1. The summed E-state index contributed by atoms with van der Waals surface area (Å²) < 4.78 is 12.9. The largest absolute Gasteiger partial charge is 0.324 e. The van der Waals surface area contributed by atoms with E-state index in [1.54, 1.807) is 12.1 Å². The van der Waals surface area contributed by atoms with Gasteiger partial charge in [0, 0.05) is 6.04 Å². The maximum absolute atomic E-state index is 12.9. The lowest BCUT2D eigenvalue weighted by molar-refractivity contribution is 0.505. The van der Waals surface area contributed by atoms with E-state index < -0.39 is 0 Å². The van der Waals surface area contributed by atoms with Crippen molar-refractivity contribution in [2.45, 2.75) is 39.7 Å². The Morgan fingerprint density at radius 2 is 1.88 bits per heavy atom. The van der Waals surface area contributed by atoms with Crippen LogP contribution in [0.2, 0.25) is 0 Å². The molecule has 0 bridgehead atoms. The van der Waals surface area contributed by atoms with Crippen LogP contribution in [0.3, 0.4) is 0 Å². The minimum absolute atomic E-state index is 0. The van der Waals surface area contributed by atoms with Crippen molar-refractivity contribution in [3.8, 4) is 0 Å². The van der Waals surface area contributed by atoms with Crippen LogP contribution in [0, 0.1) is 18.7 Å². The maximum Gasteiger partial charge on any atom is 0.123 e. The molecule has 92 valence electrons. The molecule has 1 rings (SSSR count). The Kier molecular flexibility index (Phi) is 6.61. The SMILES string of the molecule is Cc1cc(F)ccc1[C@H](N)CCC(C)C.Cl. The maximum atomic E-state index is 12.9. The summed E-state index contributed by atoms with van der Waals surface area (Å²) in [6.07, 6.45) is 2.07. The summed E-state index contributed by atoms with van der Waals surface area (Å²) in [6, 6.07) is 4.87. The molecule has 0 aliphatic rings. The number of hydrogen-bond acceptors (Lipinski definition) is 1. The van der Waals surface area contributed by atoms with Crippen molar-refractivity contribution >= 4 is 12.4 Å². The topological polar surface area (TPSA) is 26.0 Å². The van der Waals surface area contributed by atoms with E-state index >= 15 is 0 Å². The average Bonchev–Trinajstić information content (AvgIpc) is 2.14. The number of hydrogen-bond donors (Lipinski definition) is 1. The van der Waals surface area contributed by atoms with Crippen molar-refractivity contribution in [2.24, 2.45) is 11.7 Å². The molecule has 1 nitrogen and oxygen atoms in total. The molecule has 0 aromatic heterocycles. The van der Waals surface area contributed by atoms with Crippen LogP contribution in [0.15, 0.2) is 18.2 Å². The van der Waals surface area contributed by atoms with Crippen LogP contribution in [0.5, 0.6) is 0 Å². The van der Waals surface area contributed by atoms with E-state index in [1.165, 1.54) is 6.07 Å². The molecule has 0 unspecified atom stereocenters. The molecule has 0 fully saturated rings. The van der Waals surface area contributed by atoms with Gasteiger partial charge in [0.2, 0.25) is 0 Å². The van der Waals surface area contributed by atoms with Gasteiger partial charge in [0.25, 0.3) is 0 Å². The molecule has 0 aliphatic heterocycles. The van der Waals surface area contributed by atoms with Crippen molar-refractivity contribution < 1.29 is 4.39 Å².